The van der Waals surface area contributed by atoms with Crippen LogP contribution in [0.1, 0.15) is 10.4 Å². The number of quaternary nitrogens is 1. The summed E-state index contributed by atoms with van der Waals surface area (Å²) in [6, 6.07) is 12.3. The van der Waals surface area contributed by atoms with E-state index in [9.17, 15) is 14.8 Å². The first-order valence-electron chi connectivity index (χ1n) is 7.73. The van der Waals surface area contributed by atoms with Crippen LogP contribution in [-0.2, 0) is 0 Å². The topological polar surface area (TPSA) is 85.0 Å². The molecule has 0 radical (unpaired) electrons. The maximum absolute atomic E-state index is 12.6. The van der Waals surface area contributed by atoms with Crippen LogP contribution in [0.15, 0.2) is 47.3 Å². The average molecular weight is 325 g/mol. The fraction of sp³-hybridized carbons (Fsp3) is 0.222. The van der Waals surface area contributed by atoms with Gasteiger partial charge in [0, 0.05) is 16.3 Å². The van der Waals surface area contributed by atoms with Crippen LogP contribution in [0.4, 0.5) is 0 Å². The zero-order valence-electron chi connectivity index (χ0n) is 13.6. The number of hydroxylamine groups is 3. The van der Waals surface area contributed by atoms with Crippen LogP contribution >= 0.6 is 0 Å². The van der Waals surface area contributed by atoms with Crippen molar-refractivity contribution in [2.24, 2.45) is 0 Å². The number of nitrogens with one attached hydrogen (secondary N) is 2. The molecular formula is C18H19N3O3. The number of likely N-dealkylation sites (N-methyl/N-ethyl adjacent to an activating group) is 1. The Balaban J connectivity index is 2.02. The molecule has 6 heteroatoms. The molecule has 0 unspecified atom stereocenters. The van der Waals surface area contributed by atoms with Gasteiger partial charge in [0.2, 0.25) is 0 Å². The Morgan fingerprint density at radius 2 is 1.83 bits per heavy atom. The predicted molar refractivity (Wildman–Crippen MR) is 94.8 cm³/mol. The summed E-state index contributed by atoms with van der Waals surface area (Å²) in [4.78, 5) is 28.2. The highest BCUT2D eigenvalue weighted by molar-refractivity contribution is 6.07. The van der Waals surface area contributed by atoms with Crippen LogP contribution < -0.4 is 10.7 Å². The van der Waals surface area contributed by atoms with Crippen LogP contribution in [-0.4, -0.2) is 42.7 Å². The van der Waals surface area contributed by atoms with E-state index in [1.807, 2.05) is 18.2 Å². The number of para-hydroxylation sites is 2. The quantitative estimate of drug-likeness (QED) is 0.437. The second kappa shape index (κ2) is 6.07. The van der Waals surface area contributed by atoms with Crippen molar-refractivity contribution in [1.29, 1.82) is 0 Å². The Morgan fingerprint density at radius 3 is 2.58 bits per heavy atom. The zero-order valence-corrected chi connectivity index (χ0v) is 13.6. The molecule has 2 aromatic carbocycles. The van der Waals surface area contributed by atoms with E-state index in [0.717, 1.165) is 0 Å². The summed E-state index contributed by atoms with van der Waals surface area (Å²) >= 11 is 0. The molecule has 0 fully saturated rings. The molecule has 0 spiro atoms. The van der Waals surface area contributed by atoms with Crippen molar-refractivity contribution < 1.29 is 9.44 Å². The molecular weight excluding hydrogens is 306 g/mol. The Hall–Kier alpha value is -2.70. The van der Waals surface area contributed by atoms with E-state index in [-0.39, 0.29) is 24.4 Å². The molecule has 0 saturated carbocycles. The fourth-order valence-electron chi connectivity index (χ4n) is 2.67. The summed E-state index contributed by atoms with van der Waals surface area (Å²) in [5.74, 6) is -0.306. The van der Waals surface area contributed by atoms with Crippen molar-refractivity contribution in [3.05, 3.63) is 63.5 Å². The lowest BCUT2D eigenvalue weighted by Gasteiger charge is -2.33. The third-order valence-corrected chi connectivity index (χ3v) is 3.92. The van der Waals surface area contributed by atoms with Crippen LogP contribution in [0.3, 0.4) is 0 Å². The molecule has 3 aromatic rings. The second-order valence-electron chi connectivity index (χ2n) is 6.28. The number of rotatable bonds is 4. The van der Waals surface area contributed by atoms with E-state index in [4.69, 9.17) is 0 Å². The Labute approximate surface area is 138 Å². The largest absolute Gasteiger partial charge is 0.633 e. The van der Waals surface area contributed by atoms with Crippen molar-refractivity contribution >= 4 is 27.7 Å². The number of fused-ring (bicyclic) bond motifs is 2. The summed E-state index contributed by atoms with van der Waals surface area (Å²) in [5.41, 5.74) is 1.49. The van der Waals surface area contributed by atoms with Gasteiger partial charge >= 0.3 is 0 Å². The highest BCUT2D eigenvalue weighted by Crippen LogP contribution is 2.18. The average Bonchev–Trinajstić information content (AvgIpc) is 2.53. The van der Waals surface area contributed by atoms with Gasteiger partial charge in [-0.2, -0.15) is 0 Å². The smallest absolute Gasteiger partial charge is 0.253 e. The lowest BCUT2D eigenvalue weighted by atomic mass is 10.1. The molecule has 0 aliphatic heterocycles. The molecule has 6 nitrogen and oxygen atoms in total. The molecule has 1 amide bonds. The van der Waals surface area contributed by atoms with Crippen molar-refractivity contribution in [2.45, 2.75) is 0 Å². The Morgan fingerprint density at radius 1 is 1.12 bits per heavy atom. The zero-order chi connectivity index (χ0) is 17.3. The predicted octanol–water partition coefficient (Wildman–Crippen LogP) is 1.99. The number of carbonyl (C=O) groups is 1. The number of benzene rings is 2. The number of aromatic nitrogens is 1. The van der Waals surface area contributed by atoms with Gasteiger partial charge in [0.05, 0.1) is 38.3 Å². The van der Waals surface area contributed by atoms with Gasteiger partial charge in [-0.25, -0.2) is 0 Å². The van der Waals surface area contributed by atoms with Crippen molar-refractivity contribution in [2.75, 3.05) is 27.2 Å². The first-order valence-corrected chi connectivity index (χ1v) is 7.73. The second-order valence-corrected chi connectivity index (χ2v) is 6.28. The molecule has 0 aliphatic rings. The summed E-state index contributed by atoms with van der Waals surface area (Å²) < 4.78 is -0.475. The number of carbonyl (C=O) groups excluding carboxylic acids is 1. The van der Waals surface area contributed by atoms with E-state index in [1.54, 1.807) is 24.3 Å². The van der Waals surface area contributed by atoms with Crippen LogP contribution in [0.5, 0.6) is 0 Å². The van der Waals surface area contributed by atoms with Crippen molar-refractivity contribution in [3.8, 4) is 0 Å². The molecule has 0 atom stereocenters. The van der Waals surface area contributed by atoms with Gasteiger partial charge in [0.15, 0.2) is 5.43 Å². The summed E-state index contributed by atoms with van der Waals surface area (Å²) in [7, 11) is 3.04. The molecule has 3 rings (SSSR count). The number of H-pyrrole nitrogens is 1. The number of pyridine rings is 1. The minimum Gasteiger partial charge on any atom is -0.633 e. The standard InChI is InChI=1S/C18H19N3O3/c1-21(2,24)11-10-19-18(23)14-8-5-7-13-16(14)20-15-9-4-3-6-12(15)17(13)22/h3-9H,10-11H2,1-2H3,(H,19,23)(H,20,22). The molecule has 1 aromatic heterocycles. The minimum atomic E-state index is -0.475. The van der Waals surface area contributed by atoms with Gasteiger partial charge in [0.25, 0.3) is 5.91 Å². The van der Waals surface area contributed by atoms with E-state index < -0.39 is 4.65 Å². The third kappa shape index (κ3) is 3.15. The molecule has 1 heterocycles. The normalized spacial score (nSPS) is 11.8. The van der Waals surface area contributed by atoms with Crippen molar-refractivity contribution in [3.63, 3.8) is 0 Å². The van der Waals surface area contributed by atoms with Crippen LogP contribution in [0, 0.1) is 5.21 Å². The highest BCUT2D eigenvalue weighted by Gasteiger charge is 2.14. The SMILES string of the molecule is C[N+](C)([O-])CCNC(=O)c1cccc2c(=O)c3ccccc3[nH]c12. The third-order valence-electron chi connectivity index (χ3n) is 3.92. The number of nitrogens with zero attached hydrogens (tertiary/aromatic N) is 1. The molecule has 24 heavy (non-hydrogen) atoms. The Bertz CT molecular complexity index is 971. The van der Waals surface area contributed by atoms with Gasteiger partial charge in [0.1, 0.15) is 0 Å². The van der Waals surface area contributed by atoms with Crippen molar-refractivity contribution in [1.82, 2.24) is 10.3 Å². The van der Waals surface area contributed by atoms with Gasteiger partial charge in [-0.1, -0.05) is 18.2 Å². The molecule has 0 saturated heterocycles. The monoisotopic (exact) mass is 325 g/mol. The summed E-state index contributed by atoms with van der Waals surface area (Å²) in [6.45, 7) is 0.541. The molecule has 0 aliphatic carbocycles. The fourth-order valence-corrected chi connectivity index (χ4v) is 2.67. The van der Waals surface area contributed by atoms with Gasteiger partial charge in [-0.15, -0.1) is 0 Å². The van der Waals surface area contributed by atoms with E-state index in [0.29, 0.717) is 27.4 Å². The molecule has 0 bridgehead atoms. The molecule has 2 N–H and O–H groups in total. The first kappa shape index (κ1) is 16.2. The van der Waals surface area contributed by atoms with E-state index in [1.165, 1.54) is 14.1 Å². The number of amides is 1. The van der Waals surface area contributed by atoms with E-state index in [2.05, 4.69) is 10.3 Å². The number of aromatic amines is 1. The van der Waals surface area contributed by atoms with Gasteiger partial charge < -0.3 is 20.2 Å². The number of hydrogen-bond acceptors (Lipinski definition) is 3. The van der Waals surface area contributed by atoms with Crippen LogP contribution in [0.25, 0.3) is 21.8 Å². The van der Waals surface area contributed by atoms with Crippen LogP contribution in [0.2, 0.25) is 0 Å². The Kier molecular flexibility index (Phi) is 4.09. The minimum absolute atomic E-state index is 0.105. The van der Waals surface area contributed by atoms with E-state index >= 15 is 0 Å². The summed E-state index contributed by atoms with van der Waals surface area (Å²) in [6.07, 6.45) is 0. The van der Waals surface area contributed by atoms with Gasteiger partial charge in [-0.3, -0.25) is 9.59 Å². The first-order chi connectivity index (χ1) is 11.4. The molecule has 124 valence electrons. The lowest BCUT2D eigenvalue weighted by Crippen LogP contribution is -2.40. The van der Waals surface area contributed by atoms with Gasteiger partial charge in [-0.05, 0) is 24.3 Å². The summed E-state index contributed by atoms with van der Waals surface area (Å²) in [5, 5.41) is 15.4. The number of hydrogen-bond donors (Lipinski definition) is 2. The lowest BCUT2D eigenvalue weighted by molar-refractivity contribution is -0.838. The maximum Gasteiger partial charge on any atom is 0.253 e. The maximum atomic E-state index is 12.6. The highest BCUT2D eigenvalue weighted by atomic mass is 16.5.